The molecule has 0 bridgehead atoms. The van der Waals surface area contributed by atoms with Gasteiger partial charge in [0.05, 0.1) is 5.56 Å². The smallest absolute Gasteiger partial charge is 0.410 e. The molecule has 5 nitrogen and oxygen atoms in total. The number of hydrogen-bond acceptors (Lipinski definition) is 3. The number of amides is 1. The van der Waals surface area contributed by atoms with E-state index in [-0.39, 0.29) is 17.7 Å². The van der Waals surface area contributed by atoms with E-state index in [0.717, 1.165) is 11.1 Å². The van der Waals surface area contributed by atoms with Crippen molar-refractivity contribution < 1.29 is 19.4 Å². The molecule has 2 rings (SSSR count). The van der Waals surface area contributed by atoms with E-state index in [2.05, 4.69) is 0 Å². The number of carbonyl (C=O) groups excluding carboxylic acids is 1. The van der Waals surface area contributed by atoms with Gasteiger partial charge in [0.25, 0.3) is 0 Å². The van der Waals surface area contributed by atoms with Crippen molar-refractivity contribution in [3.05, 3.63) is 34.9 Å². The number of aromatic carboxylic acids is 1. The van der Waals surface area contributed by atoms with E-state index in [0.29, 0.717) is 13.0 Å². The Bertz CT molecular complexity index is 574. The number of hydrogen-bond donors (Lipinski definition) is 1. The monoisotopic (exact) mass is 291 g/mol. The molecular formula is C16H21NO4. The molecule has 1 aromatic carbocycles. The third kappa shape index (κ3) is 3.54. The predicted octanol–water partition coefficient (Wildman–Crippen LogP) is 3.07. The van der Waals surface area contributed by atoms with Gasteiger partial charge in [-0.3, -0.25) is 0 Å². The van der Waals surface area contributed by atoms with Gasteiger partial charge in [-0.25, -0.2) is 9.59 Å². The summed E-state index contributed by atoms with van der Waals surface area (Å²) in [5.74, 6) is -0.931. The molecule has 1 heterocycles. The van der Waals surface area contributed by atoms with Gasteiger partial charge in [-0.15, -0.1) is 0 Å². The highest BCUT2D eigenvalue weighted by atomic mass is 16.6. The number of ether oxygens (including phenoxy) is 1. The van der Waals surface area contributed by atoms with Crippen LogP contribution in [0.4, 0.5) is 4.79 Å². The van der Waals surface area contributed by atoms with Gasteiger partial charge in [0, 0.05) is 12.6 Å². The van der Waals surface area contributed by atoms with Crippen molar-refractivity contribution in [1.29, 1.82) is 0 Å². The number of fused-ring (bicyclic) bond motifs is 1. The van der Waals surface area contributed by atoms with E-state index < -0.39 is 11.6 Å². The van der Waals surface area contributed by atoms with E-state index in [1.165, 1.54) is 0 Å². The summed E-state index contributed by atoms with van der Waals surface area (Å²) in [4.78, 5) is 24.9. The van der Waals surface area contributed by atoms with Gasteiger partial charge in [0.1, 0.15) is 5.60 Å². The highest BCUT2D eigenvalue weighted by Gasteiger charge is 2.30. The Morgan fingerprint density at radius 2 is 1.95 bits per heavy atom. The lowest BCUT2D eigenvalue weighted by molar-refractivity contribution is 0.0138. The van der Waals surface area contributed by atoms with E-state index in [9.17, 15) is 9.59 Å². The number of rotatable bonds is 1. The van der Waals surface area contributed by atoms with Crippen LogP contribution < -0.4 is 0 Å². The predicted molar refractivity (Wildman–Crippen MR) is 78.3 cm³/mol. The van der Waals surface area contributed by atoms with Crippen LogP contribution in [-0.2, 0) is 17.7 Å². The van der Waals surface area contributed by atoms with Crippen molar-refractivity contribution in [2.45, 2.75) is 52.3 Å². The summed E-state index contributed by atoms with van der Waals surface area (Å²) in [5, 5.41) is 9.04. The van der Waals surface area contributed by atoms with E-state index in [1.807, 2.05) is 27.7 Å². The van der Waals surface area contributed by atoms with E-state index in [4.69, 9.17) is 9.84 Å². The van der Waals surface area contributed by atoms with Gasteiger partial charge in [-0.05, 0) is 57.4 Å². The van der Waals surface area contributed by atoms with Gasteiger partial charge in [-0.1, -0.05) is 6.07 Å². The van der Waals surface area contributed by atoms with Gasteiger partial charge in [0.2, 0.25) is 0 Å². The maximum absolute atomic E-state index is 12.2. The standard InChI is InChI=1S/C16H21NO4/c1-10-7-13-8-11(14(18)19)5-6-12(13)9-17(10)15(20)21-16(2,3)4/h5-6,8,10H,7,9H2,1-4H3,(H,18,19)/t10-/m0/s1. The van der Waals surface area contributed by atoms with Gasteiger partial charge >= 0.3 is 12.1 Å². The summed E-state index contributed by atoms with van der Waals surface area (Å²) in [6.45, 7) is 7.91. The Balaban J connectivity index is 2.21. The SMILES string of the molecule is C[C@H]1Cc2cc(C(=O)O)ccc2CN1C(=O)OC(C)(C)C. The summed E-state index contributed by atoms with van der Waals surface area (Å²) in [6.07, 6.45) is 0.304. The Labute approximate surface area is 124 Å². The molecule has 1 amide bonds. The normalized spacial score (nSPS) is 18.1. The van der Waals surface area contributed by atoms with Crippen molar-refractivity contribution in [2.24, 2.45) is 0 Å². The molecule has 0 fully saturated rings. The van der Waals surface area contributed by atoms with Gasteiger partial charge < -0.3 is 14.7 Å². The van der Waals surface area contributed by atoms with Crippen LogP contribution in [0.15, 0.2) is 18.2 Å². The van der Waals surface area contributed by atoms with Crippen LogP contribution >= 0.6 is 0 Å². The van der Waals surface area contributed by atoms with Gasteiger partial charge in [-0.2, -0.15) is 0 Å². The molecular weight excluding hydrogens is 270 g/mol. The molecule has 1 aromatic rings. The first-order valence-corrected chi connectivity index (χ1v) is 7.02. The van der Waals surface area contributed by atoms with E-state index >= 15 is 0 Å². The fourth-order valence-electron chi connectivity index (χ4n) is 2.44. The molecule has 21 heavy (non-hydrogen) atoms. The molecule has 0 saturated heterocycles. The lowest BCUT2D eigenvalue weighted by atomic mass is 9.93. The van der Waals surface area contributed by atoms with Crippen molar-refractivity contribution in [3.63, 3.8) is 0 Å². The van der Waals surface area contributed by atoms with Crippen LogP contribution in [0, 0.1) is 0 Å². The zero-order valence-corrected chi connectivity index (χ0v) is 12.8. The molecule has 1 aliphatic rings. The Morgan fingerprint density at radius 1 is 1.29 bits per heavy atom. The minimum atomic E-state index is -0.931. The fourth-order valence-corrected chi connectivity index (χ4v) is 2.44. The molecule has 1 aliphatic heterocycles. The number of carboxylic acid groups (broad SMARTS) is 1. The Hall–Kier alpha value is -2.04. The van der Waals surface area contributed by atoms with Crippen LogP contribution in [0.25, 0.3) is 0 Å². The lowest BCUT2D eigenvalue weighted by Crippen LogP contribution is -2.45. The second kappa shape index (κ2) is 5.39. The summed E-state index contributed by atoms with van der Waals surface area (Å²) in [5.41, 5.74) is 1.72. The Morgan fingerprint density at radius 3 is 2.52 bits per heavy atom. The maximum Gasteiger partial charge on any atom is 0.410 e. The van der Waals surface area contributed by atoms with Crippen LogP contribution in [0.1, 0.15) is 49.2 Å². The van der Waals surface area contributed by atoms with Crippen molar-refractivity contribution >= 4 is 12.1 Å². The molecule has 0 unspecified atom stereocenters. The van der Waals surface area contributed by atoms with Crippen molar-refractivity contribution in [1.82, 2.24) is 4.90 Å². The van der Waals surface area contributed by atoms with Crippen LogP contribution in [0.2, 0.25) is 0 Å². The zero-order chi connectivity index (χ0) is 15.8. The number of benzene rings is 1. The largest absolute Gasteiger partial charge is 0.478 e. The highest BCUT2D eigenvalue weighted by molar-refractivity contribution is 5.88. The van der Waals surface area contributed by atoms with Gasteiger partial charge in [0.15, 0.2) is 0 Å². The summed E-state index contributed by atoms with van der Waals surface area (Å²) in [6, 6.07) is 5.03. The second-order valence-electron chi connectivity index (χ2n) is 6.45. The second-order valence-corrected chi connectivity index (χ2v) is 6.45. The number of carboxylic acids is 1. The molecule has 0 aliphatic carbocycles. The van der Waals surface area contributed by atoms with Crippen LogP contribution in [0.5, 0.6) is 0 Å². The molecule has 1 N–H and O–H groups in total. The topological polar surface area (TPSA) is 66.8 Å². The molecule has 0 saturated carbocycles. The fraction of sp³-hybridized carbons (Fsp3) is 0.500. The average Bonchev–Trinajstić information content (AvgIpc) is 2.34. The third-order valence-electron chi connectivity index (χ3n) is 3.47. The zero-order valence-electron chi connectivity index (χ0n) is 12.8. The first-order chi connectivity index (χ1) is 9.67. The molecule has 0 spiro atoms. The Kier molecular flexibility index (Phi) is 3.94. The molecule has 114 valence electrons. The first kappa shape index (κ1) is 15.4. The summed E-state index contributed by atoms with van der Waals surface area (Å²) >= 11 is 0. The molecule has 0 radical (unpaired) electrons. The maximum atomic E-state index is 12.2. The first-order valence-electron chi connectivity index (χ1n) is 7.02. The third-order valence-corrected chi connectivity index (χ3v) is 3.47. The van der Waals surface area contributed by atoms with Crippen LogP contribution in [-0.4, -0.2) is 33.7 Å². The summed E-state index contributed by atoms with van der Waals surface area (Å²) < 4.78 is 5.42. The highest BCUT2D eigenvalue weighted by Crippen LogP contribution is 2.26. The van der Waals surface area contributed by atoms with Crippen molar-refractivity contribution in [2.75, 3.05) is 0 Å². The molecule has 1 atom stereocenters. The number of nitrogens with zero attached hydrogens (tertiary/aromatic N) is 1. The molecule has 5 heteroatoms. The van der Waals surface area contributed by atoms with E-state index in [1.54, 1.807) is 23.1 Å². The number of carbonyl (C=O) groups is 2. The van der Waals surface area contributed by atoms with Crippen LogP contribution in [0.3, 0.4) is 0 Å². The quantitative estimate of drug-likeness (QED) is 0.863. The summed E-state index contributed by atoms with van der Waals surface area (Å²) in [7, 11) is 0. The van der Waals surface area contributed by atoms with Crippen molar-refractivity contribution in [3.8, 4) is 0 Å². The molecule has 0 aromatic heterocycles. The minimum absolute atomic E-state index is 0.0172. The minimum Gasteiger partial charge on any atom is -0.478 e. The average molecular weight is 291 g/mol. The lowest BCUT2D eigenvalue weighted by Gasteiger charge is -2.36.